The van der Waals surface area contributed by atoms with E-state index in [-0.39, 0.29) is 25.5 Å². The molecule has 0 bridgehead atoms. The SMILES string of the molecule is O=C(O)CC1(NC(=O)COc2ccc(C3SCCCS3)cc2)CCOC1. The molecule has 0 radical (unpaired) electrons. The number of carbonyl (C=O) groups is 2. The van der Waals surface area contributed by atoms with Crippen molar-refractivity contribution in [3.05, 3.63) is 29.8 Å². The molecule has 0 aliphatic carbocycles. The number of thioether (sulfide) groups is 2. The number of carbonyl (C=O) groups excluding carboxylic acids is 1. The monoisotopic (exact) mass is 397 g/mol. The molecule has 1 unspecified atom stereocenters. The Labute approximate surface area is 161 Å². The van der Waals surface area contributed by atoms with Gasteiger partial charge >= 0.3 is 5.97 Å². The highest BCUT2D eigenvalue weighted by molar-refractivity contribution is 8.16. The summed E-state index contributed by atoms with van der Waals surface area (Å²) in [6, 6.07) is 7.84. The lowest BCUT2D eigenvalue weighted by Crippen LogP contribution is -2.51. The second kappa shape index (κ2) is 9.01. The van der Waals surface area contributed by atoms with Crippen LogP contribution in [0, 0.1) is 0 Å². The highest BCUT2D eigenvalue weighted by atomic mass is 32.2. The van der Waals surface area contributed by atoms with Crippen LogP contribution in [-0.4, -0.2) is 53.8 Å². The lowest BCUT2D eigenvalue weighted by molar-refractivity contribution is -0.139. The Morgan fingerprint density at radius 1 is 1.27 bits per heavy atom. The fourth-order valence-corrected chi connectivity index (χ4v) is 5.96. The van der Waals surface area contributed by atoms with Crippen LogP contribution in [0.4, 0.5) is 0 Å². The second-order valence-electron chi connectivity index (χ2n) is 6.49. The van der Waals surface area contributed by atoms with Gasteiger partial charge in [-0.2, -0.15) is 0 Å². The van der Waals surface area contributed by atoms with Crippen LogP contribution in [0.1, 0.15) is 29.4 Å². The van der Waals surface area contributed by atoms with Crippen molar-refractivity contribution in [2.75, 3.05) is 31.3 Å². The van der Waals surface area contributed by atoms with E-state index in [1.165, 1.54) is 23.5 Å². The molecular formula is C18H23NO5S2. The van der Waals surface area contributed by atoms with E-state index in [4.69, 9.17) is 14.6 Å². The van der Waals surface area contributed by atoms with Crippen molar-refractivity contribution in [2.45, 2.75) is 29.4 Å². The van der Waals surface area contributed by atoms with Gasteiger partial charge in [-0.25, -0.2) is 0 Å². The first-order valence-corrected chi connectivity index (χ1v) is 10.7. The van der Waals surface area contributed by atoms with Gasteiger partial charge in [0.1, 0.15) is 5.75 Å². The summed E-state index contributed by atoms with van der Waals surface area (Å²) in [5.74, 6) is 1.73. The number of hydrogen-bond acceptors (Lipinski definition) is 6. The Balaban J connectivity index is 1.50. The average Bonchev–Trinajstić information content (AvgIpc) is 3.08. The van der Waals surface area contributed by atoms with Crippen molar-refractivity contribution < 1.29 is 24.2 Å². The van der Waals surface area contributed by atoms with E-state index in [1.807, 2.05) is 47.8 Å². The minimum Gasteiger partial charge on any atom is -0.484 e. The molecule has 0 aromatic heterocycles. The van der Waals surface area contributed by atoms with Gasteiger partial charge in [-0.1, -0.05) is 12.1 Å². The van der Waals surface area contributed by atoms with Crippen molar-refractivity contribution in [2.24, 2.45) is 0 Å². The van der Waals surface area contributed by atoms with Gasteiger partial charge in [-0.05, 0) is 42.0 Å². The normalized spacial score (nSPS) is 23.5. The summed E-state index contributed by atoms with van der Waals surface area (Å²) in [6.07, 6.45) is 1.61. The van der Waals surface area contributed by atoms with Gasteiger partial charge in [0.05, 0.1) is 23.1 Å². The quantitative estimate of drug-likeness (QED) is 0.732. The highest BCUT2D eigenvalue weighted by Gasteiger charge is 2.38. The van der Waals surface area contributed by atoms with Gasteiger partial charge in [-0.15, -0.1) is 23.5 Å². The predicted octanol–water partition coefficient (Wildman–Crippen LogP) is 2.68. The number of hydrogen-bond donors (Lipinski definition) is 2. The molecule has 3 rings (SSSR count). The van der Waals surface area contributed by atoms with Crippen molar-refractivity contribution >= 4 is 35.4 Å². The van der Waals surface area contributed by atoms with Gasteiger partial charge in [0.25, 0.3) is 5.91 Å². The predicted molar refractivity (Wildman–Crippen MR) is 103 cm³/mol. The van der Waals surface area contributed by atoms with E-state index in [0.29, 0.717) is 23.4 Å². The van der Waals surface area contributed by atoms with Crippen LogP contribution in [0.3, 0.4) is 0 Å². The molecule has 2 aliphatic heterocycles. The number of carboxylic acid groups (broad SMARTS) is 1. The molecule has 1 aromatic rings. The van der Waals surface area contributed by atoms with Gasteiger partial charge in [-0.3, -0.25) is 9.59 Å². The zero-order valence-corrected chi connectivity index (χ0v) is 16.1. The second-order valence-corrected chi connectivity index (χ2v) is 9.21. The first-order chi connectivity index (χ1) is 12.6. The maximum atomic E-state index is 12.2. The summed E-state index contributed by atoms with van der Waals surface area (Å²) >= 11 is 3.92. The molecule has 2 saturated heterocycles. The molecule has 2 aliphatic rings. The Kier molecular flexibility index (Phi) is 6.72. The molecule has 2 fully saturated rings. The lowest BCUT2D eigenvalue weighted by atomic mass is 9.94. The summed E-state index contributed by atoms with van der Waals surface area (Å²) in [4.78, 5) is 23.2. The maximum Gasteiger partial charge on any atom is 0.305 e. The molecule has 0 saturated carbocycles. The van der Waals surface area contributed by atoms with Crippen molar-refractivity contribution in [1.82, 2.24) is 5.32 Å². The lowest BCUT2D eigenvalue weighted by Gasteiger charge is -2.27. The van der Waals surface area contributed by atoms with Crippen LogP contribution in [0.2, 0.25) is 0 Å². The molecule has 6 nitrogen and oxygen atoms in total. The van der Waals surface area contributed by atoms with Crippen molar-refractivity contribution in [1.29, 1.82) is 0 Å². The number of aliphatic carboxylic acids is 1. The Bertz CT molecular complexity index is 625. The summed E-state index contributed by atoms with van der Waals surface area (Å²) in [6.45, 7) is 0.525. The zero-order valence-electron chi connectivity index (χ0n) is 14.4. The summed E-state index contributed by atoms with van der Waals surface area (Å²) in [5.41, 5.74) is 0.436. The molecule has 2 N–H and O–H groups in total. The summed E-state index contributed by atoms with van der Waals surface area (Å²) < 4.78 is 11.3. The minimum absolute atomic E-state index is 0.145. The van der Waals surface area contributed by atoms with E-state index >= 15 is 0 Å². The van der Waals surface area contributed by atoms with Crippen LogP contribution in [0.25, 0.3) is 0 Å². The fourth-order valence-electron chi connectivity index (χ4n) is 3.06. The maximum absolute atomic E-state index is 12.2. The molecule has 8 heteroatoms. The largest absolute Gasteiger partial charge is 0.484 e. The number of ether oxygens (including phenoxy) is 2. The van der Waals surface area contributed by atoms with E-state index in [9.17, 15) is 9.59 Å². The van der Waals surface area contributed by atoms with Crippen LogP contribution in [0.5, 0.6) is 5.75 Å². The number of amides is 1. The Morgan fingerprint density at radius 3 is 2.62 bits per heavy atom. The highest BCUT2D eigenvalue weighted by Crippen LogP contribution is 2.43. The van der Waals surface area contributed by atoms with Crippen LogP contribution in [0.15, 0.2) is 24.3 Å². The standard InChI is InChI=1S/C18H23NO5S2/c20-15(19-18(10-16(21)22)6-7-23-12-18)11-24-14-4-2-13(3-5-14)17-25-8-1-9-26-17/h2-5,17H,1,6-12H2,(H,19,20)(H,21,22). The molecule has 26 heavy (non-hydrogen) atoms. The third kappa shape index (κ3) is 5.31. The number of nitrogens with one attached hydrogen (secondary N) is 1. The van der Waals surface area contributed by atoms with Gasteiger partial charge in [0.15, 0.2) is 6.61 Å². The van der Waals surface area contributed by atoms with Crippen molar-refractivity contribution in [3.8, 4) is 5.75 Å². The molecule has 0 spiro atoms. The van der Waals surface area contributed by atoms with Crippen LogP contribution >= 0.6 is 23.5 Å². The molecule has 1 amide bonds. The van der Waals surface area contributed by atoms with Gasteiger partial charge in [0, 0.05) is 6.61 Å². The smallest absolute Gasteiger partial charge is 0.305 e. The van der Waals surface area contributed by atoms with E-state index in [0.717, 1.165) is 0 Å². The van der Waals surface area contributed by atoms with E-state index in [1.54, 1.807) is 0 Å². The van der Waals surface area contributed by atoms with Gasteiger partial charge < -0.3 is 19.9 Å². The number of carboxylic acids is 1. The molecular weight excluding hydrogens is 374 g/mol. The van der Waals surface area contributed by atoms with Crippen LogP contribution in [-0.2, 0) is 14.3 Å². The Morgan fingerprint density at radius 2 is 2.00 bits per heavy atom. The first kappa shape index (κ1) is 19.4. The molecule has 1 aromatic carbocycles. The van der Waals surface area contributed by atoms with E-state index in [2.05, 4.69) is 5.32 Å². The third-order valence-corrected chi connectivity index (χ3v) is 7.36. The number of rotatable bonds is 7. The fraction of sp³-hybridized carbons (Fsp3) is 0.556. The summed E-state index contributed by atoms with van der Waals surface area (Å²) in [7, 11) is 0. The number of benzene rings is 1. The topological polar surface area (TPSA) is 84.9 Å². The Hall–Kier alpha value is -1.38. The first-order valence-electron chi connectivity index (χ1n) is 8.63. The molecule has 142 valence electrons. The van der Waals surface area contributed by atoms with Crippen LogP contribution < -0.4 is 10.1 Å². The molecule has 2 heterocycles. The minimum atomic E-state index is -0.953. The summed E-state index contributed by atoms with van der Waals surface area (Å²) in [5, 5.41) is 11.8. The zero-order chi connectivity index (χ0) is 18.4. The average molecular weight is 398 g/mol. The third-order valence-electron chi connectivity index (χ3n) is 4.35. The van der Waals surface area contributed by atoms with E-state index < -0.39 is 11.5 Å². The molecule has 1 atom stereocenters. The van der Waals surface area contributed by atoms with Gasteiger partial charge in [0.2, 0.25) is 0 Å². The van der Waals surface area contributed by atoms with Crippen molar-refractivity contribution in [3.63, 3.8) is 0 Å².